The van der Waals surface area contributed by atoms with E-state index in [1.165, 1.54) is 11.8 Å². The summed E-state index contributed by atoms with van der Waals surface area (Å²) in [6.07, 6.45) is 0.241. The number of anilines is 2. The minimum atomic E-state index is -0.253. The van der Waals surface area contributed by atoms with Gasteiger partial charge in [-0.15, -0.1) is 5.10 Å². The van der Waals surface area contributed by atoms with Crippen molar-refractivity contribution in [2.75, 3.05) is 16.0 Å². The van der Waals surface area contributed by atoms with Crippen molar-refractivity contribution in [3.8, 4) is 5.69 Å². The number of benzene rings is 2. The molecule has 1 aliphatic heterocycles. The van der Waals surface area contributed by atoms with Gasteiger partial charge in [-0.2, -0.15) is 4.68 Å². The van der Waals surface area contributed by atoms with Crippen molar-refractivity contribution in [3.63, 3.8) is 0 Å². The number of thioether (sulfide) groups is 1. The predicted molar refractivity (Wildman–Crippen MR) is 116 cm³/mol. The summed E-state index contributed by atoms with van der Waals surface area (Å²) in [6.45, 7) is 5.92. The van der Waals surface area contributed by atoms with Crippen LogP contribution in [0.2, 0.25) is 0 Å². The van der Waals surface area contributed by atoms with Crippen LogP contribution in [0.5, 0.6) is 0 Å². The number of tetrazole rings is 1. The Kier molecular flexibility index (Phi) is 5.54. The first-order chi connectivity index (χ1) is 14.4. The summed E-state index contributed by atoms with van der Waals surface area (Å²) in [6, 6.07) is 13.2. The highest BCUT2D eigenvalue weighted by molar-refractivity contribution is 7.99. The van der Waals surface area contributed by atoms with Gasteiger partial charge in [0.15, 0.2) is 0 Å². The van der Waals surface area contributed by atoms with Crippen LogP contribution in [-0.2, 0) is 9.59 Å². The molecule has 0 fully saturated rings. The Balaban J connectivity index is 1.56. The maximum absolute atomic E-state index is 13.2. The minimum Gasteiger partial charge on any atom is -0.324 e. The van der Waals surface area contributed by atoms with Crippen molar-refractivity contribution in [3.05, 3.63) is 53.6 Å². The zero-order chi connectivity index (χ0) is 21.3. The van der Waals surface area contributed by atoms with Crippen LogP contribution in [0.3, 0.4) is 0 Å². The average molecular weight is 423 g/mol. The molecular weight excluding hydrogens is 400 g/mol. The Morgan fingerprint density at radius 1 is 1.20 bits per heavy atom. The number of fused-ring (bicyclic) bond motifs is 1. The molecule has 0 saturated heterocycles. The molecular formula is C21H22N6O2S. The summed E-state index contributed by atoms with van der Waals surface area (Å²) in [5.74, 6) is -0.0546. The monoisotopic (exact) mass is 422 g/mol. The lowest BCUT2D eigenvalue weighted by Gasteiger charge is -2.27. The van der Waals surface area contributed by atoms with Gasteiger partial charge >= 0.3 is 0 Å². The third-order valence-electron chi connectivity index (χ3n) is 4.84. The molecule has 30 heavy (non-hydrogen) atoms. The van der Waals surface area contributed by atoms with Crippen molar-refractivity contribution >= 4 is 35.0 Å². The van der Waals surface area contributed by atoms with E-state index in [1.54, 1.807) is 15.6 Å². The van der Waals surface area contributed by atoms with E-state index in [-0.39, 0.29) is 30.0 Å². The average Bonchev–Trinajstić information content (AvgIpc) is 3.10. The van der Waals surface area contributed by atoms with Gasteiger partial charge in [0.25, 0.3) is 0 Å². The molecule has 8 nitrogen and oxygen atoms in total. The molecule has 2 aromatic carbocycles. The van der Waals surface area contributed by atoms with E-state index < -0.39 is 0 Å². The number of rotatable bonds is 4. The summed E-state index contributed by atoms with van der Waals surface area (Å²) >= 11 is 1.28. The highest BCUT2D eigenvalue weighted by Crippen LogP contribution is 2.32. The number of carbonyl (C=O) groups excluding carboxylic acids is 2. The molecule has 3 aromatic rings. The van der Waals surface area contributed by atoms with E-state index in [9.17, 15) is 9.59 Å². The van der Waals surface area contributed by atoms with Gasteiger partial charge in [-0.1, -0.05) is 30.0 Å². The zero-order valence-corrected chi connectivity index (χ0v) is 17.8. The number of carbonyl (C=O) groups is 2. The normalized spacial score (nSPS) is 16.0. The summed E-state index contributed by atoms with van der Waals surface area (Å²) in [5.41, 5.74) is 4.43. The molecule has 2 amide bonds. The fourth-order valence-corrected chi connectivity index (χ4v) is 4.42. The molecule has 0 aliphatic carbocycles. The van der Waals surface area contributed by atoms with Gasteiger partial charge < -0.3 is 10.2 Å². The quantitative estimate of drug-likeness (QED) is 0.650. The Hall–Kier alpha value is -3.20. The molecule has 154 valence electrons. The second kappa shape index (κ2) is 8.27. The number of amides is 2. The zero-order valence-electron chi connectivity index (χ0n) is 17.0. The molecule has 1 atom stereocenters. The Bertz CT molecular complexity index is 1090. The molecule has 0 saturated carbocycles. The van der Waals surface area contributed by atoms with E-state index in [1.807, 2.05) is 51.1 Å². The summed E-state index contributed by atoms with van der Waals surface area (Å²) in [4.78, 5) is 27.0. The third-order valence-corrected chi connectivity index (χ3v) is 5.75. The number of aromatic nitrogens is 4. The number of nitrogens with zero attached hydrogens (tertiary/aromatic N) is 5. The molecule has 0 radical (unpaired) electrons. The minimum absolute atomic E-state index is 0.100. The van der Waals surface area contributed by atoms with Gasteiger partial charge in [-0.25, -0.2) is 0 Å². The Morgan fingerprint density at radius 3 is 2.70 bits per heavy atom. The standard InChI is InChI=1S/C21H22N6O2S/c1-13-8-14(2)10-16(9-13)27-21(23-24-25-27)30-12-20(29)26-15(3)11-19(28)22-17-6-4-5-7-18(17)26/h4-10,15H,11-12H2,1-3H3,(H,22,28)/t15-/m1/s1. The highest BCUT2D eigenvalue weighted by atomic mass is 32.2. The second-order valence-electron chi connectivity index (χ2n) is 7.39. The van der Waals surface area contributed by atoms with E-state index in [0.29, 0.717) is 16.5 Å². The van der Waals surface area contributed by atoms with Gasteiger partial charge in [0.2, 0.25) is 17.0 Å². The van der Waals surface area contributed by atoms with Crippen LogP contribution >= 0.6 is 11.8 Å². The predicted octanol–water partition coefficient (Wildman–Crippen LogP) is 3.14. The van der Waals surface area contributed by atoms with Gasteiger partial charge in [0.05, 0.1) is 22.8 Å². The SMILES string of the molecule is Cc1cc(C)cc(-n2nnnc2SCC(=O)N2c3ccccc3NC(=O)C[C@H]2C)c1. The lowest BCUT2D eigenvalue weighted by atomic mass is 10.1. The second-order valence-corrected chi connectivity index (χ2v) is 8.33. The van der Waals surface area contributed by atoms with E-state index in [2.05, 4.69) is 26.9 Å². The van der Waals surface area contributed by atoms with Crippen LogP contribution < -0.4 is 10.2 Å². The lowest BCUT2D eigenvalue weighted by Crippen LogP contribution is -2.40. The Labute approximate surface area is 178 Å². The molecule has 4 rings (SSSR count). The number of para-hydroxylation sites is 2. The van der Waals surface area contributed by atoms with Gasteiger partial charge in [-0.3, -0.25) is 9.59 Å². The van der Waals surface area contributed by atoms with Crippen LogP contribution in [0.4, 0.5) is 11.4 Å². The summed E-state index contributed by atoms with van der Waals surface area (Å²) < 4.78 is 1.64. The molecule has 0 bridgehead atoms. The first kappa shape index (κ1) is 20.1. The fraction of sp³-hybridized carbons (Fsp3) is 0.286. The first-order valence-corrected chi connectivity index (χ1v) is 10.6. The largest absolute Gasteiger partial charge is 0.324 e. The van der Waals surface area contributed by atoms with Crippen LogP contribution in [0.15, 0.2) is 47.6 Å². The number of hydrogen-bond acceptors (Lipinski definition) is 6. The van der Waals surface area contributed by atoms with Crippen LogP contribution in [0.1, 0.15) is 24.5 Å². The maximum atomic E-state index is 13.2. The van der Waals surface area contributed by atoms with Crippen molar-refractivity contribution < 1.29 is 9.59 Å². The Morgan fingerprint density at radius 2 is 1.93 bits per heavy atom. The van der Waals surface area contributed by atoms with Gasteiger partial charge in [0, 0.05) is 12.5 Å². The molecule has 9 heteroatoms. The number of hydrogen-bond donors (Lipinski definition) is 1. The molecule has 0 spiro atoms. The maximum Gasteiger partial charge on any atom is 0.237 e. The molecule has 0 unspecified atom stereocenters. The molecule has 2 heterocycles. The first-order valence-electron chi connectivity index (χ1n) is 9.63. The number of nitrogens with one attached hydrogen (secondary N) is 1. The lowest BCUT2D eigenvalue weighted by molar-refractivity contribution is -0.117. The smallest absolute Gasteiger partial charge is 0.237 e. The van der Waals surface area contributed by atoms with Crippen molar-refractivity contribution in [1.82, 2.24) is 20.2 Å². The van der Waals surface area contributed by atoms with E-state index in [0.717, 1.165) is 16.8 Å². The van der Waals surface area contributed by atoms with Crippen LogP contribution in [-0.4, -0.2) is 43.8 Å². The fourth-order valence-electron chi connectivity index (χ4n) is 3.67. The van der Waals surface area contributed by atoms with Crippen molar-refractivity contribution in [1.29, 1.82) is 0 Å². The van der Waals surface area contributed by atoms with Crippen LogP contribution in [0.25, 0.3) is 5.69 Å². The van der Waals surface area contributed by atoms with E-state index in [4.69, 9.17) is 0 Å². The van der Waals surface area contributed by atoms with E-state index >= 15 is 0 Å². The molecule has 1 aromatic heterocycles. The third kappa shape index (κ3) is 4.06. The van der Waals surface area contributed by atoms with Crippen LogP contribution in [0, 0.1) is 13.8 Å². The van der Waals surface area contributed by atoms with Crippen molar-refractivity contribution in [2.45, 2.75) is 38.4 Å². The number of aryl methyl sites for hydroxylation is 2. The topological polar surface area (TPSA) is 93.0 Å². The summed E-state index contributed by atoms with van der Waals surface area (Å²) in [7, 11) is 0. The van der Waals surface area contributed by atoms with Crippen molar-refractivity contribution in [2.24, 2.45) is 0 Å². The summed E-state index contributed by atoms with van der Waals surface area (Å²) in [5, 5.41) is 15.4. The molecule has 1 aliphatic rings. The van der Waals surface area contributed by atoms with Gasteiger partial charge in [0.1, 0.15) is 0 Å². The molecule has 1 N–H and O–H groups in total. The van der Waals surface area contributed by atoms with Gasteiger partial charge in [-0.05, 0) is 66.6 Å². The highest BCUT2D eigenvalue weighted by Gasteiger charge is 2.29.